The van der Waals surface area contributed by atoms with Gasteiger partial charge in [0.1, 0.15) is 12.4 Å². The molecular weight excluding hydrogens is 368 g/mol. The number of hydrogen-bond acceptors (Lipinski definition) is 3. The third-order valence-corrected chi connectivity index (χ3v) is 3.70. The van der Waals surface area contributed by atoms with Gasteiger partial charge in [0.15, 0.2) is 5.11 Å². The summed E-state index contributed by atoms with van der Waals surface area (Å²) in [5.41, 5.74) is 2.45. The van der Waals surface area contributed by atoms with Gasteiger partial charge in [0.2, 0.25) is 5.91 Å². The normalized spacial score (nSPS) is 10.4. The number of rotatable bonds is 6. The van der Waals surface area contributed by atoms with Gasteiger partial charge in [0.25, 0.3) is 0 Å². The SMILES string of the molecule is C=C(C)COc1ccc(NC(=S)NC(=O)/C=C/c2ccccc2Cl)cc1. The molecule has 0 aliphatic carbocycles. The molecule has 6 heteroatoms. The molecule has 2 rings (SSSR count). The van der Waals surface area contributed by atoms with Crippen LogP contribution in [0.15, 0.2) is 66.8 Å². The highest BCUT2D eigenvalue weighted by Gasteiger charge is 2.03. The zero-order valence-corrected chi connectivity index (χ0v) is 15.9. The van der Waals surface area contributed by atoms with Crippen molar-refractivity contribution in [3.63, 3.8) is 0 Å². The first-order valence-corrected chi connectivity index (χ1v) is 8.64. The van der Waals surface area contributed by atoms with Crippen LogP contribution in [-0.4, -0.2) is 17.6 Å². The fourth-order valence-electron chi connectivity index (χ4n) is 1.93. The van der Waals surface area contributed by atoms with E-state index in [1.165, 1.54) is 6.08 Å². The van der Waals surface area contributed by atoms with E-state index in [2.05, 4.69) is 17.2 Å². The first-order valence-electron chi connectivity index (χ1n) is 7.86. The Morgan fingerprint density at radius 2 is 1.92 bits per heavy atom. The molecule has 0 aromatic heterocycles. The molecule has 0 bridgehead atoms. The van der Waals surface area contributed by atoms with Crippen LogP contribution in [0.2, 0.25) is 5.02 Å². The van der Waals surface area contributed by atoms with E-state index in [4.69, 9.17) is 28.6 Å². The number of anilines is 1. The van der Waals surface area contributed by atoms with Crippen molar-refractivity contribution in [3.8, 4) is 5.75 Å². The van der Waals surface area contributed by atoms with Crippen LogP contribution in [0, 0.1) is 0 Å². The molecule has 134 valence electrons. The number of halogens is 1. The van der Waals surface area contributed by atoms with Crippen LogP contribution in [0.25, 0.3) is 6.08 Å². The smallest absolute Gasteiger partial charge is 0.250 e. The van der Waals surface area contributed by atoms with Crippen LogP contribution in [-0.2, 0) is 4.79 Å². The second-order valence-electron chi connectivity index (χ2n) is 5.57. The average molecular weight is 387 g/mol. The Bertz CT molecular complexity index is 832. The second-order valence-corrected chi connectivity index (χ2v) is 6.38. The van der Waals surface area contributed by atoms with Gasteiger partial charge in [0, 0.05) is 16.8 Å². The number of benzene rings is 2. The van der Waals surface area contributed by atoms with Gasteiger partial charge in [-0.2, -0.15) is 0 Å². The molecule has 0 aliphatic rings. The summed E-state index contributed by atoms with van der Waals surface area (Å²) in [6, 6.07) is 14.5. The lowest BCUT2D eigenvalue weighted by atomic mass is 10.2. The predicted molar refractivity (Wildman–Crippen MR) is 112 cm³/mol. The molecule has 0 radical (unpaired) electrons. The van der Waals surface area contributed by atoms with Gasteiger partial charge in [-0.05, 0) is 66.7 Å². The summed E-state index contributed by atoms with van der Waals surface area (Å²) < 4.78 is 5.53. The lowest BCUT2D eigenvalue weighted by Crippen LogP contribution is -2.32. The van der Waals surface area contributed by atoms with E-state index in [0.717, 1.165) is 22.6 Å². The summed E-state index contributed by atoms with van der Waals surface area (Å²) in [5, 5.41) is 6.30. The van der Waals surface area contributed by atoms with Gasteiger partial charge in [-0.25, -0.2) is 0 Å². The fraction of sp³-hybridized carbons (Fsp3) is 0.100. The van der Waals surface area contributed by atoms with Crippen molar-refractivity contribution in [2.45, 2.75) is 6.92 Å². The number of carbonyl (C=O) groups excluding carboxylic acids is 1. The average Bonchev–Trinajstić information content (AvgIpc) is 2.60. The monoisotopic (exact) mass is 386 g/mol. The van der Waals surface area contributed by atoms with E-state index < -0.39 is 0 Å². The van der Waals surface area contributed by atoms with Gasteiger partial charge in [-0.1, -0.05) is 36.4 Å². The molecule has 0 heterocycles. The van der Waals surface area contributed by atoms with E-state index in [1.807, 2.05) is 49.4 Å². The molecule has 26 heavy (non-hydrogen) atoms. The Balaban J connectivity index is 1.85. The molecule has 0 fully saturated rings. The van der Waals surface area contributed by atoms with E-state index in [1.54, 1.807) is 12.1 Å². The van der Waals surface area contributed by atoms with Crippen LogP contribution in [0.1, 0.15) is 12.5 Å². The summed E-state index contributed by atoms with van der Waals surface area (Å²) in [4.78, 5) is 11.9. The van der Waals surface area contributed by atoms with Crippen molar-refractivity contribution < 1.29 is 9.53 Å². The molecule has 2 aromatic carbocycles. The first kappa shape index (κ1) is 19.7. The van der Waals surface area contributed by atoms with Gasteiger partial charge in [0.05, 0.1) is 0 Å². The lowest BCUT2D eigenvalue weighted by molar-refractivity contribution is -0.115. The van der Waals surface area contributed by atoms with Crippen molar-refractivity contribution in [2.24, 2.45) is 0 Å². The molecule has 4 nitrogen and oxygen atoms in total. The van der Waals surface area contributed by atoms with Crippen molar-refractivity contribution in [2.75, 3.05) is 11.9 Å². The minimum atomic E-state index is -0.344. The molecule has 0 unspecified atom stereocenters. The predicted octanol–water partition coefficient (Wildman–Crippen LogP) is 4.82. The minimum Gasteiger partial charge on any atom is -0.489 e. The van der Waals surface area contributed by atoms with Gasteiger partial charge in [-0.15, -0.1) is 0 Å². The Morgan fingerprint density at radius 1 is 1.23 bits per heavy atom. The minimum absolute atomic E-state index is 0.203. The second kappa shape index (κ2) is 9.75. The maximum absolute atomic E-state index is 11.9. The highest BCUT2D eigenvalue weighted by Crippen LogP contribution is 2.17. The van der Waals surface area contributed by atoms with Crippen molar-refractivity contribution in [3.05, 3.63) is 77.3 Å². The Morgan fingerprint density at radius 3 is 2.58 bits per heavy atom. The maximum atomic E-state index is 11.9. The maximum Gasteiger partial charge on any atom is 0.250 e. The third-order valence-electron chi connectivity index (χ3n) is 3.15. The van der Waals surface area contributed by atoms with Crippen LogP contribution < -0.4 is 15.4 Å². The number of nitrogens with one attached hydrogen (secondary N) is 2. The van der Waals surface area contributed by atoms with E-state index in [-0.39, 0.29) is 11.0 Å². The summed E-state index contributed by atoms with van der Waals surface area (Å²) in [6.45, 7) is 6.16. The standard InChI is InChI=1S/C20H19ClN2O2S/c1-14(2)13-25-17-10-8-16(9-11-17)22-20(26)23-19(24)12-7-15-5-3-4-6-18(15)21/h3-12H,1,13H2,2H3,(H2,22,23,24,26)/b12-7+. The number of hydrogen-bond donors (Lipinski definition) is 2. The highest BCUT2D eigenvalue weighted by atomic mass is 35.5. The zero-order valence-electron chi connectivity index (χ0n) is 14.3. The first-order chi connectivity index (χ1) is 12.4. The van der Waals surface area contributed by atoms with E-state index >= 15 is 0 Å². The van der Waals surface area contributed by atoms with Crippen LogP contribution in [0.3, 0.4) is 0 Å². The van der Waals surface area contributed by atoms with Crippen LogP contribution in [0.5, 0.6) is 5.75 Å². The Hall–Kier alpha value is -2.63. The van der Waals surface area contributed by atoms with Gasteiger partial charge in [-0.3, -0.25) is 10.1 Å². The van der Waals surface area contributed by atoms with E-state index in [0.29, 0.717) is 11.6 Å². The largest absolute Gasteiger partial charge is 0.489 e. The zero-order chi connectivity index (χ0) is 18.9. The van der Waals surface area contributed by atoms with Gasteiger partial charge >= 0.3 is 0 Å². The summed E-state index contributed by atoms with van der Waals surface area (Å²) in [7, 11) is 0. The summed E-state index contributed by atoms with van der Waals surface area (Å²) in [5.74, 6) is 0.389. The summed E-state index contributed by atoms with van der Waals surface area (Å²) >= 11 is 11.2. The molecule has 0 atom stereocenters. The molecule has 0 spiro atoms. The van der Waals surface area contributed by atoms with Crippen LogP contribution >= 0.6 is 23.8 Å². The topological polar surface area (TPSA) is 50.4 Å². The van der Waals surface area contributed by atoms with E-state index in [9.17, 15) is 4.79 Å². The fourth-order valence-corrected chi connectivity index (χ4v) is 2.35. The van der Waals surface area contributed by atoms with Crippen molar-refractivity contribution in [1.29, 1.82) is 0 Å². The van der Waals surface area contributed by atoms with Crippen molar-refractivity contribution in [1.82, 2.24) is 5.32 Å². The third kappa shape index (κ3) is 6.70. The molecule has 2 N–H and O–H groups in total. The van der Waals surface area contributed by atoms with Gasteiger partial charge < -0.3 is 10.1 Å². The highest BCUT2D eigenvalue weighted by molar-refractivity contribution is 7.80. The molecule has 1 amide bonds. The van der Waals surface area contributed by atoms with Crippen LogP contribution in [0.4, 0.5) is 5.69 Å². The lowest BCUT2D eigenvalue weighted by Gasteiger charge is -2.10. The number of ether oxygens (including phenoxy) is 1. The number of thiocarbonyl (C=S) groups is 1. The molecule has 0 saturated heterocycles. The number of amides is 1. The number of carbonyl (C=O) groups is 1. The molecule has 0 saturated carbocycles. The Kier molecular flexibility index (Phi) is 7.38. The Labute approximate surface area is 163 Å². The molecular formula is C20H19ClN2O2S. The summed E-state index contributed by atoms with van der Waals surface area (Å²) in [6.07, 6.45) is 3.01. The quantitative estimate of drug-likeness (QED) is 0.424. The van der Waals surface area contributed by atoms with Crippen molar-refractivity contribution >= 4 is 46.6 Å². The molecule has 2 aromatic rings. The molecule has 0 aliphatic heterocycles.